The lowest BCUT2D eigenvalue weighted by Crippen LogP contribution is -2.48. The molecule has 1 aliphatic carbocycles. The fraction of sp³-hybridized carbons (Fsp3) is 0.938. The Morgan fingerprint density at radius 3 is 2.60 bits per heavy atom. The van der Waals surface area contributed by atoms with E-state index in [2.05, 4.69) is 38.3 Å². The largest absolute Gasteiger partial charge is 0.450 e. The molecule has 2 N–H and O–H groups in total. The molecular weight excluding hydrogens is 252 g/mol. The van der Waals surface area contributed by atoms with E-state index >= 15 is 0 Å². The van der Waals surface area contributed by atoms with Gasteiger partial charge in [-0.15, -0.1) is 0 Å². The molecule has 4 nitrogen and oxygen atoms in total. The quantitative estimate of drug-likeness (QED) is 0.736. The average Bonchev–Trinajstić information content (AvgIpc) is 2.34. The van der Waals surface area contributed by atoms with Gasteiger partial charge in [0.05, 0.1) is 6.61 Å². The Hall–Kier alpha value is -0.770. The minimum Gasteiger partial charge on any atom is -0.450 e. The second kappa shape index (κ2) is 7.30. The fourth-order valence-electron chi connectivity index (χ4n) is 3.62. The third kappa shape index (κ3) is 5.70. The van der Waals surface area contributed by atoms with Crippen LogP contribution in [-0.2, 0) is 4.74 Å². The summed E-state index contributed by atoms with van der Waals surface area (Å²) >= 11 is 0. The first kappa shape index (κ1) is 17.3. The van der Waals surface area contributed by atoms with Crippen LogP contribution >= 0.6 is 0 Å². The van der Waals surface area contributed by atoms with Crippen molar-refractivity contribution >= 4 is 6.09 Å². The van der Waals surface area contributed by atoms with E-state index in [1.807, 2.05) is 7.05 Å². The van der Waals surface area contributed by atoms with Crippen molar-refractivity contribution in [3.8, 4) is 0 Å². The Labute approximate surface area is 124 Å². The molecule has 0 aliphatic heterocycles. The molecule has 0 aromatic carbocycles. The van der Waals surface area contributed by atoms with Gasteiger partial charge in [-0.25, -0.2) is 4.79 Å². The second-order valence-electron chi connectivity index (χ2n) is 7.39. The van der Waals surface area contributed by atoms with E-state index in [0.717, 1.165) is 25.7 Å². The Morgan fingerprint density at radius 1 is 1.30 bits per heavy atom. The molecule has 1 amide bonds. The number of carbonyl (C=O) groups excluding carboxylic acids is 1. The van der Waals surface area contributed by atoms with Gasteiger partial charge in [-0.1, -0.05) is 34.1 Å². The topological polar surface area (TPSA) is 50.4 Å². The lowest BCUT2D eigenvalue weighted by Gasteiger charge is -2.46. The van der Waals surface area contributed by atoms with Crippen LogP contribution in [0.4, 0.5) is 4.79 Å². The predicted octanol–water partition coefficient (Wildman–Crippen LogP) is 3.32. The first-order chi connectivity index (χ1) is 9.30. The van der Waals surface area contributed by atoms with Crippen LogP contribution in [0.3, 0.4) is 0 Å². The normalized spacial score (nSPS) is 28.9. The van der Waals surface area contributed by atoms with Crippen LogP contribution in [0.2, 0.25) is 0 Å². The average molecular weight is 284 g/mol. The van der Waals surface area contributed by atoms with E-state index in [4.69, 9.17) is 4.74 Å². The molecule has 1 rings (SSSR count). The van der Waals surface area contributed by atoms with Crippen LogP contribution < -0.4 is 10.6 Å². The first-order valence-electron chi connectivity index (χ1n) is 7.88. The van der Waals surface area contributed by atoms with Crippen molar-refractivity contribution in [2.75, 3.05) is 20.2 Å². The SMILES string of the molecule is CCCCOC(=O)NCC1(C)CC(NC)CC(C)(C)C1. The lowest BCUT2D eigenvalue weighted by molar-refractivity contribution is 0.0691. The summed E-state index contributed by atoms with van der Waals surface area (Å²) in [6.07, 6.45) is 5.13. The maximum Gasteiger partial charge on any atom is 0.407 e. The highest BCUT2D eigenvalue weighted by Gasteiger charge is 2.40. The van der Waals surface area contributed by atoms with Crippen LogP contribution in [0.1, 0.15) is 59.8 Å². The smallest absolute Gasteiger partial charge is 0.407 e. The van der Waals surface area contributed by atoms with E-state index in [1.54, 1.807) is 0 Å². The Kier molecular flexibility index (Phi) is 6.31. The van der Waals surface area contributed by atoms with Crippen molar-refractivity contribution in [3.63, 3.8) is 0 Å². The van der Waals surface area contributed by atoms with E-state index in [1.165, 1.54) is 6.42 Å². The van der Waals surface area contributed by atoms with Crippen LogP contribution in [0.5, 0.6) is 0 Å². The Balaban J connectivity index is 2.45. The van der Waals surface area contributed by atoms with Gasteiger partial charge in [0.15, 0.2) is 0 Å². The van der Waals surface area contributed by atoms with E-state index in [0.29, 0.717) is 24.6 Å². The maximum atomic E-state index is 11.7. The number of unbranched alkanes of at least 4 members (excludes halogenated alkanes) is 1. The van der Waals surface area contributed by atoms with Gasteiger partial charge in [-0.2, -0.15) is 0 Å². The number of nitrogens with one attached hydrogen (secondary N) is 2. The number of alkyl carbamates (subject to hydrolysis) is 1. The molecule has 0 aromatic rings. The zero-order chi connectivity index (χ0) is 15.2. The van der Waals surface area contributed by atoms with E-state index in [9.17, 15) is 4.79 Å². The highest BCUT2D eigenvalue weighted by Crippen LogP contribution is 2.45. The van der Waals surface area contributed by atoms with E-state index in [-0.39, 0.29) is 11.5 Å². The summed E-state index contributed by atoms with van der Waals surface area (Å²) in [4.78, 5) is 11.7. The number of rotatable bonds is 6. The molecule has 2 atom stereocenters. The van der Waals surface area contributed by atoms with Crippen molar-refractivity contribution in [1.82, 2.24) is 10.6 Å². The van der Waals surface area contributed by atoms with Gasteiger partial charge in [0.25, 0.3) is 0 Å². The van der Waals surface area contributed by atoms with Crippen molar-refractivity contribution in [2.45, 2.75) is 65.8 Å². The highest BCUT2D eigenvalue weighted by atomic mass is 16.5. The van der Waals surface area contributed by atoms with Crippen LogP contribution in [0.25, 0.3) is 0 Å². The highest BCUT2D eigenvalue weighted by molar-refractivity contribution is 5.67. The summed E-state index contributed by atoms with van der Waals surface area (Å²) in [6.45, 7) is 10.2. The third-order valence-electron chi connectivity index (χ3n) is 4.24. The molecule has 0 heterocycles. The van der Waals surface area contributed by atoms with Gasteiger partial charge in [0.2, 0.25) is 0 Å². The Morgan fingerprint density at radius 2 is 2.00 bits per heavy atom. The monoisotopic (exact) mass is 284 g/mol. The maximum absolute atomic E-state index is 11.7. The zero-order valence-corrected chi connectivity index (χ0v) is 13.8. The second-order valence-corrected chi connectivity index (χ2v) is 7.39. The summed E-state index contributed by atoms with van der Waals surface area (Å²) in [5, 5.41) is 6.35. The first-order valence-corrected chi connectivity index (χ1v) is 7.88. The number of carbonyl (C=O) groups is 1. The number of hydrogen-bond acceptors (Lipinski definition) is 3. The zero-order valence-electron chi connectivity index (χ0n) is 13.8. The molecule has 1 saturated carbocycles. The van der Waals surface area contributed by atoms with Crippen molar-refractivity contribution in [2.24, 2.45) is 10.8 Å². The predicted molar refractivity (Wildman–Crippen MR) is 82.8 cm³/mol. The Bertz CT molecular complexity index is 318. The van der Waals surface area contributed by atoms with Crippen LogP contribution in [0, 0.1) is 10.8 Å². The number of amides is 1. The fourth-order valence-corrected chi connectivity index (χ4v) is 3.62. The minimum atomic E-state index is -0.274. The molecule has 20 heavy (non-hydrogen) atoms. The van der Waals surface area contributed by atoms with Gasteiger partial charge < -0.3 is 15.4 Å². The molecule has 1 fully saturated rings. The summed E-state index contributed by atoms with van der Waals surface area (Å²) in [7, 11) is 2.03. The summed E-state index contributed by atoms with van der Waals surface area (Å²) in [6, 6.07) is 0.529. The molecule has 0 aromatic heterocycles. The lowest BCUT2D eigenvalue weighted by atomic mass is 9.62. The molecule has 0 radical (unpaired) electrons. The van der Waals surface area contributed by atoms with Gasteiger partial charge >= 0.3 is 6.09 Å². The summed E-state index contributed by atoms with van der Waals surface area (Å²) in [5.74, 6) is 0. The molecular formula is C16H32N2O2. The van der Waals surface area contributed by atoms with Gasteiger partial charge in [0.1, 0.15) is 0 Å². The van der Waals surface area contributed by atoms with Crippen molar-refractivity contribution < 1.29 is 9.53 Å². The van der Waals surface area contributed by atoms with Crippen LogP contribution in [0.15, 0.2) is 0 Å². The molecule has 0 saturated heterocycles. The summed E-state index contributed by atoms with van der Waals surface area (Å²) < 4.78 is 5.16. The molecule has 1 aliphatic rings. The molecule has 118 valence electrons. The van der Waals surface area contributed by atoms with Gasteiger partial charge in [-0.05, 0) is 43.6 Å². The molecule has 2 unspecified atom stereocenters. The van der Waals surface area contributed by atoms with Gasteiger partial charge in [-0.3, -0.25) is 0 Å². The van der Waals surface area contributed by atoms with Gasteiger partial charge in [0, 0.05) is 12.6 Å². The summed E-state index contributed by atoms with van der Waals surface area (Å²) in [5.41, 5.74) is 0.452. The standard InChI is InChI=1S/C16H32N2O2/c1-6-7-8-20-14(19)18-12-16(4)10-13(17-5)9-15(2,3)11-16/h13,17H,6-12H2,1-5H3,(H,18,19). The van der Waals surface area contributed by atoms with Crippen molar-refractivity contribution in [3.05, 3.63) is 0 Å². The third-order valence-corrected chi connectivity index (χ3v) is 4.24. The molecule has 0 bridgehead atoms. The van der Waals surface area contributed by atoms with Crippen molar-refractivity contribution in [1.29, 1.82) is 0 Å². The minimum absolute atomic E-state index is 0.138. The number of ether oxygens (including phenoxy) is 1. The number of hydrogen-bond donors (Lipinski definition) is 2. The molecule has 0 spiro atoms. The van der Waals surface area contributed by atoms with E-state index < -0.39 is 0 Å². The molecule has 4 heteroatoms. The van der Waals surface area contributed by atoms with Crippen LogP contribution in [-0.4, -0.2) is 32.3 Å².